The molecule has 0 aliphatic rings. The van der Waals surface area contributed by atoms with Crippen molar-refractivity contribution in [1.29, 1.82) is 0 Å². The quantitative estimate of drug-likeness (QED) is 0.538. The summed E-state index contributed by atoms with van der Waals surface area (Å²) in [5.41, 5.74) is 1.73. The van der Waals surface area contributed by atoms with E-state index in [1.54, 1.807) is 12.1 Å². The van der Waals surface area contributed by atoms with Gasteiger partial charge in [0, 0.05) is 17.6 Å². The molecular weight excluding hydrogens is 285 g/mol. The maximum Gasteiger partial charge on any atom is 0.266 e. The van der Waals surface area contributed by atoms with Gasteiger partial charge in [0.25, 0.3) is 11.3 Å². The van der Waals surface area contributed by atoms with Gasteiger partial charge in [-0.1, -0.05) is 0 Å². The number of nitrogens with zero attached hydrogens (tertiary/aromatic N) is 5. The molecule has 0 atom stereocenters. The summed E-state index contributed by atoms with van der Waals surface area (Å²) in [4.78, 5) is 20.9. The van der Waals surface area contributed by atoms with E-state index >= 15 is 0 Å². The molecule has 0 N–H and O–H groups in total. The third-order valence-corrected chi connectivity index (χ3v) is 3.56. The summed E-state index contributed by atoms with van der Waals surface area (Å²) in [5.74, 6) is 0.0899. The van der Waals surface area contributed by atoms with Crippen molar-refractivity contribution in [3.8, 4) is 5.69 Å². The number of halogens is 1. The van der Waals surface area contributed by atoms with Crippen molar-refractivity contribution >= 4 is 16.7 Å². The fourth-order valence-corrected chi connectivity index (χ4v) is 2.55. The van der Waals surface area contributed by atoms with E-state index in [9.17, 15) is 9.18 Å². The first kappa shape index (κ1) is 12.6. The number of benzene rings is 1. The van der Waals surface area contributed by atoms with Gasteiger partial charge in [0.15, 0.2) is 0 Å². The molecule has 4 rings (SSSR count). The van der Waals surface area contributed by atoms with Crippen molar-refractivity contribution in [3.63, 3.8) is 0 Å². The Balaban J connectivity index is 2.10. The molecule has 3 aromatic heterocycles. The molecule has 4 aromatic rings. The molecule has 0 saturated heterocycles. The molecule has 0 aliphatic carbocycles. The zero-order valence-electron chi connectivity index (χ0n) is 11.6. The van der Waals surface area contributed by atoms with Crippen LogP contribution in [0, 0.1) is 12.7 Å². The summed E-state index contributed by atoms with van der Waals surface area (Å²) < 4.78 is 16.1. The summed E-state index contributed by atoms with van der Waals surface area (Å²) in [7, 11) is 0. The molecule has 3 heterocycles. The van der Waals surface area contributed by atoms with Crippen LogP contribution in [-0.2, 0) is 0 Å². The Labute approximate surface area is 123 Å². The van der Waals surface area contributed by atoms with Crippen LogP contribution in [0.5, 0.6) is 0 Å². The van der Waals surface area contributed by atoms with Crippen LogP contribution in [0.4, 0.5) is 4.39 Å². The lowest BCUT2D eigenvalue weighted by Gasteiger charge is -2.11. The smallest absolute Gasteiger partial charge is 0.266 e. The zero-order chi connectivity index (χ0) is 15.3. The Bertz CT molecular complexity index is 1070. The number of aromatic nitrogens is 5. The van der Waals surface area contributed by atoms with Gasteiger partial charge >= 0.3 is 0 Å². The van der Waals surface area contributed by atoms with E-state index in [-0.39, 0.29) is 11.4 Å². The molecule has 108 valence electrons. The minimum absolute atomic E-state index is 0.230. The third-order valence-electron chi connectivity index (χ3n) is 3.56. The molecular formula is C15H10FN5O. The van der Waals surface area contributed by atoms with E-state index in [1.807, 2.05) is 13.0 Å². The molecule has 0 aliphatic heterocycles. The van der Waals surface area contributed by atoms with E-state index in [0.717, 1.165) is 0 Å². The van der Waals surface area contributed by atoms with Crippen LogP contribution in [0.1, 0.15) is 5.69 Å². The number of hydrogen-bond donors (Lipinski definition) is 0. The first-order valence-electron chi connectivity index (χ1n) is 6.62. The molecule has 0 amide bonds. The SMILES string of the molecule is Cc1cc2c(cnc3ncnn32)c(=O)n1-c1ccc(F)cc1. The summed E-state index contributed by atoms with van der Waals surface area (Å²) in [6.07, 6.45) is 2.88. The second kappa shape index (κ2) is 4.45. The highest BCUT2D eigenvalue weighted by Gasteiger charge is 2.12. The Morgan fingerprint density at radius 1 is 1.14 bits per heavy atom. The fourth-order valence-electron chi connectivity index (χ4n) is 2.55. The molecule has 0 radical (unpaired) electrons. The molecule has 0 unspecified atom stereocenters. The van der Waals surface area contributed by atoms with Crippen molar-refractivity contribution in [2.24, 2.45) is 0 Å². The number of rotatable bonds is 1. The summed E-state index contributed by atoms with van der Waals surface area (Å²) in [6.45, 7) is 1.81. The Morgan fingerprint density at radius 2 is 1.91 bits per heavy atom. The van der Waals surface area contributed by atoms with Gasteiger partial charge < -0.3 is 0 Å². The Morgan fingerprint density at radius 3 is 2.68 bits per heavy atom. The van der Waals surface area contributed by atoms with Gasteiger partial charge in [0.1, 0.15) is 12.1 Å². The van der Waals surface area contributed by atoms with Crippen LogP contribution in [0.2, 0.25) is 0 Å². The zero-order valence-corrected chi connectivity index (χ0v) is 11.6. The van der Waals surface area contributed by atoms with E-state index < -0.39 is 0 Å². The van der Waals surface area contributed by atoms with Gasteiger partial charge in [-0.05, 0) is 37.3 Å². The average Bonchev–Trinajstić information content (AvgIpc) is 2.98. The summed E-state index contributed by atoms with van der Waals surface area (Å²) in [5, 5.41) is 4.51. The molecule has 6 nitrogen and oxygen atoms in total. The molecule has 22 heavy (non-hydrogen) atoms. The van der Waals surface area contributed by atoms with Gasteiger partial charge in [0.05, 0.1) is 10.9 Å². The Hall–Kier alpha value is -3.09. The molecule has 0 bridgehead atoms. The third kappa shape index (κ3) is 1.72. The van der Waals surface area contributed by atoms with Crippen LogP contribution in [0.15, 0.2) is 47.7 Å². The minimum Gasteiger partial charge on any atom is -0.281 e. The predicted molar refractivity (Wildman–Crippen MR) is 78.6 cm³/mol. The van der Waals surface area contributed by atoms with Gasteiger partial charge in [0.2, 0.25) is 0 Å². The highest BCUT2D eigenvalue weighted by Crippen LogP contribution is 2.15. The van der Waals surface area contributed by atoms with Crippen LogP contribution < -0.4 is 5.56 Å². The van der Waals surface area contributed by atoms with Gasteiger partial charge in [-0.15, -0.1) is 0 Å². The van der Waals surface area contributed by atoms with Crippen LogP contribution >= 0.6 is 0 Å². The Kier molecular flexibility index (Phi) is 2.56. The number of pyridine rings is 1. The normalized spacial score (nSPS) is 11.4. The molecule has 0 saturated carbocycles. The van der Waals surface area contributed by atoms with Crippen molar-refractivity contribution in [1.82, 2.24) is 24.1 Å². The number of hydrogen-bond acceptors (Lipinski definition) is 4. The van der Waals surface area contributed by atoms with E-state index in [1.165, 1.54) is 33.7 Å². The fraction of sp³-hybridized carbons (Fsp3) is 0.0667. The monoisotopic (exact) mass is 295 g/mol. The molecule has 1 aromatic carbocycles. The standard InChI is InChI=1S/C15H10FN5O/c1-9-6-13-12(7-17-15-18-8-19-21(13)15)14(22)20(9)11-4-2-10(16)3-5-11/h2-8H,1H3. The van der Waals surface area contributed by atoms with E-state index in [4.69, 9.17) is 0 Å². The second-order valence-corrected chi connectivity index (χ2v) is 4.93. The lowest BCUT2D eigenvalue weighted by atomic mass is 10.2. The molecule has 7 heteroatoms. The maximum absolute atomic E-state index is 13.1. The first-order valence-corrected chi connectivity index (χ1v) is 6.62. The lowest BCUT2D eigenvalue weighted by Crippen LogP contribution is -2.21. The highest BCUT2D eigenvalue weighted by atomic mass is 19.1. The van der Waals surface area contributed by atoms with Crippen LogP contribution in [-0.4, -0.2) is 24.1 Å². The van der Waals surface area contributed by atoms with Gasteiger partial charge in [-0.25, -0.2) is 9.37 Å². The van der Waals surface area contributed by atoms with Crippen molar-refractivity contribution in [3.05, 3.63) is 64.7 Å². The lowest BCUT2D eigenvalue weighted by molar-refractivity contribution is 0.627. The van der Waals surface area contributed by atoms with E-state index in [0.29, 0.717) is 28.1 Å². The summed E-state index contributed by atoms with van der Waals surface area (Å²) in [6, 6.07) is 7.62. The largest absolute Gasteiger partial charge is 0.281 e. The number of aryl methyl sites for hydroxylation is 1. The number of fused-ring (bicyclic) bond motifs is 3. The summed E-state index contributed by atoms with van der Waals surface area (Å²) >= 11 is 0. The molecule has 0 fully saturated rings. The van der Waals surface area contributed by atoms with Crippen LogP contribution in [0.25, 0.3) is 22.4 Å². The molecule has 0 spiro atoms. The van der Waals surface area contributed by atoms with Gasteiger partial charge in [-0.3, -0.25) is 9.36 Å². The van der Waals surface area contributed by atoms with E-state index in [2.05, 4.69) is 15.1 Å². The minimum atomic E-state index is -0.346. The van der Waals surface area contributed by atoms with Crippen molar-refractivity contribution in [2.45, 2.75) is 6.92 Å². The maximum atomic E-state index is 13.1. The highest BCUT2D eigenvalue weighted by molar-refractivity contribution is 5.79. The first-order chi connectivity index (χ1) is 10.6. The van der Waals surface area contributed by atoms with Crippen molar-refractivity contribution < 1.29 is 4.39 Å². The second-order valence-electron chi connectivity index (χ2n) is 4.93. The van der Waals surface area contributed by atoms with Gasteiger partial charge in [-0.2, -0.15) is 14.6 Å². The predicted octanol–water partition coefficient (Wildman–Crippen LogP) is 1.88. The van der Waals surface area contributed by atoms with Crippen LogP contribution in [0.3, 0.4) is 0 Å². The topological polar surface area (TPSA) is 65.1 Å². The van der Waals surface area contributed by atoms with Crippen molar-refractivity contribution in [2.75, 3.05) is 0 Å². The average molecular weight is 295 g/mol.